The number of carbonyl (C=O) groups excluding carboxylic acids is 2. The zero-order chi connectivity index (χ0) is 22.1. The molecule has 0 bridgehead atoms. The number of ether oxygens (including phenoxy) is 2. The number of amides is 2. The van der Waals surface area contributed by atoms with Crippen molar-refractivity contribution in [1.29, 1.82) is 0 Å². The van der Waals surface area contributed by atoms with Gasteiger partial charge in [0.25, 0.3) is 5.91 Å². The second kappa shape index (κ2) is 7.89. The van der Waals surface area contributed by atoms with Gasteiger partial charge in [0.15, 0.2) is 5.60 Å². The van der Waals surface area contributed by atoms with Crippen molar-refractivity contribution in [3.8, 4) is 11.5 Å². The fraction of sp³-hybridized carbons (Fsp3) is 0.333. The van der Waals surface area contributed by atoms with Crippen molar-refractivity contribution in [3.05, 3.63) is 48.0 Å². The molecule has 0 saturated carbocycles. The molecule has 2 amide bonds. The first kappa shape index (κ1) is 21.5. The standard InChI is InChI=1S/C21H21F3N2O4/c1-13-7-8-17-16(11-13)26(19(28)20(2,3)30-17)10-9-18(27)25-14-5-4-6-15(12-14)29-21(22,23)24/h4-8,11-12H,9-10H2,1-3H3,(H,25,27). The molecule has 0 aromatic heterocycles. The number of rotatable bonds is 5. The van der Waals surface area contributed by atoms with Gasteiger partial charge in [0.2, 0.25) is 5.91 Å². The molecule has 30 heavy (non-hydrogen) atoms. The highest BCUT2D eigenvalue weighted by Crippen LogP contribution is 2.38. The van der Waals surface area contributed by atoms with Crippen LogP contribution in [0.25, 0.3) is 0 Å². The number of nitrogens with zero attached hydrogens (tertiary/aromatic N) is 1. The van der Waals surface area contributed by atoms with E-state index in [4.69, 9.17) is 4.74 Å². The number of hydrogen-bond donors (Lipinski definition) is 1. The lowest BCUT2D eigenvalue weighted by Gasteiger charge is -2.38. The minimum absolute atomic E-state index is 0.0560. The van der Waals surface area contributed by atoms with Crippen LogP contribution in [-0.2, 0) is 9.59 Å². The van der Waals surface area contributed by atoms with Crippen LogP contribution in [-0.4, -0.2) is 30.3 Å². The van der Waals surface area contributed by atoms with Crippen LogP contribution in [0.1, 0.15) is 25.8 Å². The normalized spacial score (nSPS) is 15.3. The summed E-state index contributed by atoms with van der Waals surface area (Å²) in [5.74, 6) is -0.628. The Kier molecular flexibility index (Phi) is 5.65. The molecule has 0 aliphatic carbocycles. The fourth-order valence-corrected chi connectivity index (χ4v) is 3.11. The minimum atomic E-state index is -4.82. The zero-order valence-corrected chi connectivity index (χ0v) is 16.7. The lowest BCUT2D eigenvalue weighted by molar-refractivity contribution is -0.274. The second-order valence-corrected chi connectivity index (χ2v) is 7.41. The quantitative estimate of drug-likeness (QED) is 0.774. The number of carbonyl (C=O) groups is 2. The van der Waals surface area contributed by atoms with E-state index in [1.165, 1.54) is 17.0 Å². The maximum absolute atomic E-state index is 12.8. The third kappa shape index (κ3) is 5.03. The van der Waals surface area contributed by atoms with E-state index in [1.807, 2.05) is 13.0 Å². The predicted molar refractivity (Wildman–Crippen MR) is 105 cm³/mol. The molecule has 0 unspecified atom stereocenters. The number of benzene rings is 2. The minimum Gasteiger partial charge on any atom is -0.476 e. The van der Waals surface area contributed by atoms with Crippen LogP contribution in [0.15, 0.2) is 42.5 Å². The van der Waals surface area contributed by atoms with Gasteiger partial charge in [-0.05, 0) is 50.6 Å². The van der Waals surface area contributed by atoms with Gasteiger partial charge in [-0.15, -0.1) is 13.2 Å². The Morgan fingerprint density at radius 1 is 1.20 bits per heavy atom. The molecule has 0 atom stereocenters. The fourth-order valence-electron chi connectivity index (χ4n) is 3.11. The zero-order valence-electron chi connectivity index (χ0n) is 16.7. The van der Waals surface area contributed by atoms with Crippen LogP contribution in [0.2, 0.25) is 0 Å². The smallest absolute Gasteiger partial charge is 0.476 e. The van der Waals surface area contributed by atoms with Crippen molar-refractivity contribution in [2.45, 2.75) is 39.2 Å². The predicted octanol–water partition coefficient (Wildman–Crippen LogP) is 4.43. The summed E-state index contributed by atoms with van der Waals surface area (Å²) >= 11 is 0. The van der Waals surface area contributed by atoms with Gasteiger partial charge in [-0.3, -0.25) is 9.59 Å². The summed E-state index contributed by atoms with van der Waals surface area (Å²) in [6.07, 6.45) is -4.88. The van der Waals surface area contributed by atoms with Crippen molar-refractivity contribution >= 4 is 23.2 Å². The third-order valence-electron chi connectivity index (χ3n) is 4.44. The summed E-state index contributed by atoms with van der Waals surface area (Å²) in [5.41, 5.74) is 0.585. The highest BCUT2D eigenvalue weighted by molar-refractivity contribution is 6.03. The van der Waals surface area contributed by atoms with Crippen LogP contribution < -0.4 is 19.7 Å². The molecule has 0 radical (unpaired) electrons. The third-order valence-corrected chi connectivity index (χ3v) is 4.44. The second-order valence-electron chi connectivity index (χ2n) is 7.41. The number of anilines is 2. The maximum atomic E-state index is 12.8. The average molecular weight is 422 g/mol. The van der Waals surface area contributed by atoms with Gasteiger partial charge in [-0.2, -0.15) is 0 Å². The van der Waals surface area contributed by atoms with E-state index in [1.54, 1.807) is 26.0 Å². The van der Waals surface area contributed by atoms with Gasteiger partial charge >= 0.3 is 6.36 Å². The number of fused-ring (bicyclic) bond motifs is 1. The largest absolute Gasteiger partial charge is 0.573 e. The van der Waals surface area contributed by atoms with Crippen LogP contribution in [0, 0.1) is 6.92 Å². The Labute approximate surface area is 171 Å². The van der Waals surface area contributed by atoms with Gasteiger partial charge in [0.05, 0.1) is 5.69 Å². The average Bonchev–Trinajstić information content (AvgIpc) is 2.61. The molecule has 9 heteroatoms. The Morgan fingerprint density at radius 2 is 1.93 bits per heavy atom. The van der Waals surface area contributed by atoms with Gasteiger partial charge < -0.3 is 19.7 Å². The Balaban J connectivity index is 1.69. The molecule has 2 aromatic carbocycles. The number of halogens is 3. The van der Waals surface area contributed by atoms with Gasteiger partial charge in [0, 0.05) is 24.7 Å². The van der Waals surface area contributed by atoms with Crippen molar-refractivity contribution < 1.29 is 32.2 Å². The van der Waals surface area contributed by atoms with E-state index >= 15 is 0 Å². The van der Waals surface area contributed by atoms with Crippen LogP contribution in [0.3, 0.4) is 0 Å². The van der Waals surface area contributed by atoms with Gasteiger partial charge in [-0.1, -0.05) is 12.1 Å². The SMILES string of the molecule is Cc1ccc2c(c1)N(CCC(=O)Nc1cccc(OC(F)(F)F)c1)C(=O)C(C)(C)O2. The molecular formula is C21H21F3N2O4. The van der Waals surface area contributed by atoms with Crippen molar-refractivity contribution in [2.24, 2.45) is 0 Å². The molecular weight excluding hydrogens is 401 g/mol. The molecule has 160 valence electrons. The molecule has 0 saturated heterocycles. The van der Waals surface area contributed by atoms with E-state index in [0.29, 0.717) is 11.4 Å². The molecule has 2 aromatic rings. The molecule has 0 fully saturated rings. The highest BCUT2D eigenvalue weighted by atomic mass is 19.4. The number of hydrogen-bond acceptors (Lipinski definition) is 4. The lowest BCUT2D eigenvalue weighted by atomic mass is 10.0. The summed E-state index contributed by atoms with van der Waals surface area (Å²) in [4.78, 5) is 26.7. The van der Waals surface area contributed by atoms with E-state index in [0.717, 1.165) is 17.7 Å². The molecule has 1 aliphatic heterocycles. The van der Waals surface area contributed by atoms with Crippen LogP contribution in [0.5, 0.6) is 11.5 Å². The van der Waals surface area contributed by atoms with Crippen LogP contribution >= 0.6 is 0 Å². The van der Waals surface area contributed by atoms with Gasteiger partial charge in [0.1, 0.15) is 11.5 Å². The molecule has 0 spiro atoms. The highest BCUT2D eigenvalue weighted by Gasteiger charge is 2.40. The van der Waals surface area contributed by atoms with E-state index in [-0.39, 0.29) is 24.6 Å². The number of alkyl halides is 3. The lowest BCUT2D eigenvalue weighted by Crippen LogP contribution is -2.53. The summed E-state index contributed by atoms with van der Waals surface area (Å²) in [6.45, 7) is 5.27. The molecule has 1 N–H and O–H groups in total. The van der Waals surface area contributed by atoms with E-state index in [2.05, 4.69) is 10.1 Å². The molecule has 6 nitrogen and oxygen atoms in total. The van der Waals surface area contributed by atoms with E-state index in [9.17, 15) is 22.8 Å². The van der Waals surface area contributed by atoms with Gasteiger partial charge in [-0.25, -0.2) is 0 Å². The summed E-state index contributed by atoms with van der Waals surface area (Å²) in [7, 11) is 0. The molecule has 3 rings (SSSR count). The Morgan fingerprint density at radius 3 is 2.63 bits per heavy atom. The summed E-state index contributed by atoms with van der Waals surface area (Å²) in [6, 6.07) is 10.4. The van der Waals surface area contributed by atoms with Crippen molar-refractivity contribution in [2.75, 3.05) is 16.8 Å². The number of nitrogens with one attached hydrogen (secondary N) is 1. The summed E-state index contributed by atoms with van der Waals surface area (Å²) < 4.78 is 46.7. The van der Waals surface area contributed by atoms with Crippen molar-refractivity contribution in [1.82, 2.24) is 0 Å². The van der Waals surface area contributed by atoms with Crippen LogP contribution in [0.4, 0.5) is 24.5 Å². The first-order valence-electron chi connectivity index (χ1n) is 9.22. The Bertz CT molecular complexity index is 973. The monoisotopic (exact) mass is 422 g/mol. The Hall–Kier alpha value is -3.23. The number of aryl methyl sites for hydroxylation is 1. The van der Waals surface area contributed by atoms with E-state index < -0.39 is 23.6 Å². The maximum Gasteiger partial charge on any atom is 0.573 e. The first-order chi connectivity index (χ1) is 13.9. The first-order valence-corrected chi connectivity index (χ1v) is 9.22. The molecule has 1 aliphatic rings. The topological polar surface area (TPSA) is 67.9 Å². The summed E-state index contributed by atoms with van der Waals surface area (Å²) in [5, 5.41) is 2.52. The van der Waals surface area contributed by atoms with Crippen molar-refractivity contribution in [3.63, 3.8) is 0 Å². The molecule has 1 heterocycles.